The zero-order chi connectivity index (χ0) is 20.4. The molecule has 1 saturated carbocycles. The minimum atomic E-state index is -4.37. The van der Waals surface area contributed by atoms with E-state index >= 15 is 0 Å². The molecule has 1 aliphatic rings. The molecule has 152 valence electrons. The quantitative estimate of drug-likeness (QED) is 0.660. The van der Waals surface area contributed by atoms with Crippen LogP contribution >= 0.6 is 0 Å². The summed E-state index contributed by atoms with van der Waals surface area (Å²) in [6.45, 7) is -0.185. The average Bonchev–Trinajstić information content (AvgIpc) is 3.36. The predicted octanol–water partition coefficient (Wildman–Crippen LogP) is 3.82. The zero-order valence-corrected chi connectivity index (χ0v) is 16.4. The van der Waals surface area contributed by atoms with Gasteiger partial charge in [-0.15, -0.1) is 0 Å². The van der Waals surface area contributed by atoms with Crippen LogP contribution in [0.4, 0.5) is 8.78 Å². The molecule has 1 aliphatic carbocycles. The molecule has 9 heteroatoms. The minimum Gasteiger partial charge on any atom is -0.260 e. The van der Waals surface area contributed by atoms with Gasteiger partial charge in [0.05, 0.1) is 29.7 Å². The van der Waals surface area contributed by atoms with Crippen LogP contribution < -0.4 is 4.72 Å². The number of sulfonamides is 1. The van der Waals surface area contributed by atoms with Crippen LogP contribution in [0.3, 0.4) is 0 Å². The van der Waals surface area contributed by atoms with Crippen molar-refractivity contribution in [3.8, 4) is 11.4 Å². The fourth-order valence-electron chi connectivity index (χ4n) is 3.64. The summed E-state index contributed by atoms with van der Waals surface area (Å²) in [5.74, 6) is -2.27. The van der Waals surface area contributed by atoms with Gasteiger partial charge in [0.25, 0.3) is 0 Å². The monoisotopic (exact) mass is 418 g/mol. The molecule has 1 N–H and O–H groups in total. The summed E-state index contributed by atoms with van der Waals surface area (Å²) < 4.78 is 56.8. The highest BCUT2D eigenvalue weighted by molar-refractivity contribution is 7.89. The predicted molar refractivity (Wildman–Crippen MR) is 103 cm³/mol. The van der Waals surface area contributed by atoms with Crippen LogP contribution in [-0.4, -0.2) is 23.2 Å². The van der Waals surface area contributed by atoms with Gasteiger partial charge in [0.1, 0.15) is 11.6 Å². The Morgan fingerprint density at radius 3 is 2.45 bits per heavy atom. The molecule has 2 heterocycles. The molecule has 1 aromatic carbocycles. The number of pyridine rings is 1. The number of hydrogen-bond donors (Lipinski definition) is 1. The number of nitrogens with zero attached hydrogens (tertiary/aromatic N) is 3. The van der Waals surface area contributed by atoms with E-state index in [1.807, 2.05) is 22.9 Å². The molecule has 0 amide bonds. The first-order valence-electron chi connectivity index (χ1n) is 9.39. The van der Waals surface area contributed by atoms with Crippen molar-refractivity contribution < 1.29 is 17.2 Å². The second-order valence-electron chi connectivity index (χ2n) is 6.99. The molecule has 2 aromatic heterocycles. The number of rotatable bonds is 6. The molecular formula is C20H20F2N4O2S. The first-order chi connectivity index (χ1) is 14.0. The van der Waals surface area contributed by atoms with Gasteiger partial charge in [0.2, 0.25) is 10.0 Å². The van der Waals surface area contributed by atoms with Gasteiger partial charge in [0.15, 0.2) is 4.90 Å². The van der Waals surface area contributed by atoms with Crippen LogP contribution in [0.5, 0.6) is 0 Å². The number of benzene rings is 1. The van der Waals surface area contributed by atoms with Gasteiger partial charge in [-0.2, -0.15) is 5.10 Å². The normalized spacial score (nSPS) is 15.1. The Balaban J connectivity index is 1.62. The van der Waals surface area contributed by atoms with E-state index in [4.69, 9.17) is 0 Å². The van der Waals surface area contributed by atoms with Gasteiger partial charge in [-0.3, -0.25) is 9.67 Å². The van der Waals surface area contributed by atoms with E-state index < -0.39 is 26.6 Å². The van der Waals surface area contributed by atoms with Crippen molar-refractivity contribution >= 4 is 10.0 Å². The third-order valence-electron chi connectivity index (χ3n) is 5.02. The number of aromatic nitrogens is 3. The van der Waals surface area contributed by atoms with Crippen molar-refractivity contribution in [2.24, 2.45) is 0 Å². The summed E-state index contributed by atoms with van der Waals surface area (Å²) in [5.41, 5.74) is 1.99. The Kier molecular flexibility index (Phi) is 5.42. The van der Waals surface area contributed by atoms with Gasteiger partial charge in [0, 0.05) is 6.20 Å². The molecule has 0 bridgehead atoms. The summed E-state index contributed by atoms with van der Waals surface area (Å²) in [4.78, 5) is 3.39. The molecule has 0 unspecified atom stereocenters. The maximum atomic E-state index is 13.9. The van der Waals surface area contributed by atoms with Crippen molar-refractivity contribution in [3.05, 3.63) is 66.0 Å². The lowest BCUT2D eigenvalue weighted by atomic mass is 10.2. The van der Waals surface area contributed by atoms with Crippen molar-refractivity contribution in [2.45, 2.75) is 43.2 Å². The first kappa shape index (κ1) is 19.7. The van der Waals surface area contributed by atoms with E-state index in [-0.39, 0.29) is 12.6 Å². The van der Waals surface area contributed by atoms with Gasteiger partial charge in [-0.1, -0.05) is 25.0 Å². The molecule has 0 atom stereocenters. The summed E-state index contributed by atoms with van der Waals surface area (Å²) >= 11 is 0. The standard InChI is InChI=1S/C20H20F2N4O2S/c21-16-8-5-9-17(22)20(16)29(27,28)24-13-14-12-19(18-10-3-4-11-23-18)26(25-14)15-6-1-2-7-15/h3-5,8-12,15,24H,1-2,6-7,13H2. The molecule has 4 rings (SSSR count). The Morgan fingerprint density at radius 1 is 1.07 bits per heavy atom. The van der Waals surface area contributed by atoms with Crippen LogP contribution in [0.1, 0.15) is 37.4 Å². The van der Waals surface area contributed by atoms with Crippen molar-refractivity contribution in [3.63, 3.8) is 0 Å². The third kappa shape index (κ3) is 4.06. The summed E-state index contributed by atoms with van der Waals surface area (Å²) in [6, 6.07) is 10.5. The fraction of sp³-hybridized carbons (Fsp3) is 0.300. The fourth-order valence-corrected chi connectivity index (χ4v) is 4.78. The molecule has 29 heavy (non-hydrogen) atoms. The van der Waals surface area contributed by atoms with Crippen molar-refractivity contribution in [1.29, 1.82) is 0 Å². The zero-order valence-electron chi connectivity index (χ0n) is 15.6. The Labute approximate surface area is 167 Å². The second-order valence-corrected chi connectivity index (χ2v) is 8.70. The van der Waals surface area contributed by atoms with Crippen LogP contribution in [0.15, 0.2) is 53.6 Å². The van der Waals surface area contributed by atoms with E-state index in [9.17, 15) is 17.2 Å². The van der Waals surface area contributed by atoms with Crippen LogP contribution in [0.25, 0.3) is 11.4 Å². The van der Waals surface area contributed by atoms with Crippen LogP contribution in [0.2, 0.25) is 0 Å². The topological polar surface area (TPSA) is 76.9 Å². The second kappa shape index (κ2) is 8.00. The lowest BCUT2D eigenvalue weighted by Gasteiger charge is -2.13. The maximum Gasteiger partial charge on any atom is 0.246 e. The highest BCUT2D eigenvalue weighted by atomic mass is 32.2. The summed E-state index contributed by atoms with van der Waals surface area (Å²) in [6.07, 6.45) is 5.90. The molecule has 3 aromatic rings. The number of halogens is 2. The lowest BCUT2D eigenvalue weighted by Crippen LogP contribution is -2.25. The lowest BCUT2D eigenvalue weighted by molar-refractivity contribution is 0.466. The number of nitrogens with one attached hydrogen (secondary N) is 1. The van der Waals surface area contributed by atoms with Crippen LogP contribution in [-0.2, 0) is 16.6 Å². The Bertz CT molecular complexity index is 1090. The highest BCUT2D eigenvalue weighted by Gasteiger charge is 2.26. The Hall–Kier alpha value is -2.65. The summed E-state index contributed by atoms with van der Waals surface area (Å²) in [7, 11) is -4.37. The average molecular weight is 418 g/mol. The molecule has 6 nitrogen and oxygen atoms in total. The molecule has 0 aliphatic heterocycles. The molecule has 0 saturated heterocycles. The Morgan fingerprint density at radius 2 is 1.79 bits per heavy atom. The van der Waals surface area contributed by atoms with Gasteiger partial charge >= 0.3 is 0 Å². The highest BCUT2D eigenvalue weighted by Crippen LogP contribution is 2.33. The summed E-state index contributed by atoms with van der Waals surface area (Å²) in [5, 5.41) is 4.57. The smallest absolute Gasteiger partial charge is 0.246 e. The van der Waals surface area contributed by atoms with Crippen molar-refractivity contribution in [1.82, 2.24) is 19.5 Å². The molecular weight excluding hydrogens is 398 g/mol. The number of hydrogen-bond acceptors (Lipinski definition) is 4. The van der Waals surface area contributed by atoms with E-state index in [0.717, 1.165) is 55.3 Å². The van der Waals surface area contributed by atoms with E-state index in [1.165, 1.54) is 0 Å². The first-order valence-corrected chi connectivity index (χ1v) is 10.9. The van der Waals surface area contributed by atoms with Gasteiger partial charge in [-0.05, 0) is 43.2 Å². The van der Waals surface area contributed by atoms with Gasteiger partial charge < -0.3 is 0 Å². The minimum absolute atomic E-state index is 0.185. The van der Waals surface area contributed by atoms with E-state index in [0.29, 0.717) is 5.69 Å². The largest absolute Gasteiger partial charge is 0.260 e. The van der Waals surface area contributed by atoms with E-state index in [1.54, 1.807) is 12.3 Å². The maximum absolute atomic E-state index is 13.9. The van der Waals surface area contributed by atoms with Gasteiger partial charge in [-0.25, -0.2) is 21.9 Å². The molecule has 0 spiro atoms. The van der Waals surface area contributed by atoms with Crippen LogP contribution in [0, 0.1) is 11.6 Å². The van der Waals surface area contributed by atoms with Crippen molar-refractivity contribution in [2.75, 3.05) is 0 Å². The molecule has 1 fully saturated rings. The van der Waals surface area contributed by atoms with E-state index in [2.05, 4.69) is 14.8 Å². The molecule has 0 radical (unpaired) electrons. The third-order valence-corrected chi connectivity index (χ3v) is 6.47. The SMILES string of the molecule is O=S(=O)(NCc1cc(-c2ccccn2)n(C2CCCC2)n1)c1c(F)cccc1F.